The highest BCUT2D eigenvalue weighted by molar-refractivity contribution is 6.30. The molecule has 2 N–H and O–H groups in total. The van der Waals surface area contributed by atoms with Crippen LogP contribution in [0, 0.1) is 17.8 Å². The van der Waals surface area contributed by atoms with E-state index in [1.165, 1.54) is 51.1 Å². The van der Waals surface area contributed by atoms with Crippen molar-refractivity contribution in [3.63, 3.8) is 0 Å². The van der Waals surface area contributed by atoms with Crippen LogP contribution in [0.3, 0.4) is 0 Å². The van der Waals surface area contributed by atoms with E-state index in [9.17, 15) is 0 Å². The van der Waals surface area contributed by atoms with Gasteiger partial charge in [0.1, 0.15) is 32.7 Å². The number of nitrogens with one attached hydrogen (secondary N) is 2. The number of piperazine rings is 1. The molecule has 22 heavy (non-hydrogen) atoms. The number of halogens is 1. The maximum absolute atomic E-state index is 6.09. The van der Waals surface area contributed by atoms with Gasteiger partial charge >= 0.3 is 0 Å². The van der Waals surface area contributed by atoms with Gasteiger partial charge < -0.3 is 9.80 Å². The Morgan fingerprint density at radius 1 is 1.00 bits per heavy atom. The Kier molecular flexibility index (Phi) is 4.25. The molecule has 1 aromatic rings. The molecule has 1 saturated heterocycles. The molecule has 1 heterocycles. The summed E-state index contributed by atoms with van der Waals surface area (Å²) in [4.78, 5) is 3.57. The first kappa shape index (κ1) is 14.7. The number of hydrogen-bond acceptors (Lipinski definition) is 0. The lowest BCUT2D eigenvalue weighted by Crippen LogP contribution is -3.27. The van der Waals surface area contributed by atoms with Gasteiger partial charge in [-0.1, -0.05) is 35.9 Å². The molecule has 118 valence electrons. The van der Waals surface area contributed by atoms with Gasteiger partial charge in [-0.25, -0.2) is 0 Å². The summed E-state index contributed by atoms with van der Waals surface area (Å²) < 4.78 is 0. The second kappa shape index (κ2) is 6.35. The third kappa shape index (κ3) is 3.24. The van der Waals surface area contributed by atoms with Crippen LogP contribution in [0.15, 0.2) is 36.4 Å². The van der Waals surface area contributed by atoms with Crippen molar-refractivity contribution < 1.29 is 9.80 Å². The molecule has 3 heteroatoms. The SMILES string of the molecule is Clc1cccc(C[NH+]2CC[NH+](C[C@H]3C[C@@H]4C=C[C@H]3C4)CC2)c1. The molecule has 0 spiro atoms. The predicted molar refractivity (Wildman–Crippen MR) is 90.3 cm³/mol. The van der Waals surface area contributed by atoms with Crippen LogP contribution in [-0.2, 0) is 6.54 Å². The average Bonchev–Trinajstić information content (AvgIpc) is 3.12. The maximum atomic E-state index is 6.09. The molecule has 2 bridgehead atoms. The number of hydrogen-bond donors (Lipinski definition) is 2. The topological polar surface area (TPSA) is 8.88 Å². The average molecular weight is 319 g/mol. The van der Waals surface area contributed by atoms with Gasteiger partial charge in [0.25, 0.3) is 0 Å². The molecule has 3 aliphatic rings. The van der Waals surface area contributed by atoms with E-state index in [0.29, 0.717) is 0 Å². The van der Waals surface area contributed by atoms with Gasteiger partial charge in [0, 0.05) is 16.5 Å². The van der Waals surface area contributed by atoms with Crippen LogP contribution < -0.4 is 9.80 Å². The van der Waals surface area contributed by atoms with E-state index in [4.69, 9.17) is 11.6 Å². The summed E-state index contributed by atoms with van der Waals surface area (Å²) >= 11 is 6.09. The van der Waals surface area contributed by atoms with Gasteiger partial charge in [-0.15, -0.1) is 0 Å². The summed E-state index contributed by atoms with van der Waals surface area (Å²) in [5.74, 6) is 2.80. The van der Waals surface area contributed by atoms with E-state index in [1.54, 1.807) is 4.90 Å². The molecule has 2 fully saturated rings. The van der Waals surface area contributed by atoms with Gasteiger partial charge in [0.15, 0.2) is 0 Å². The lowest BCUT2D eigenvalue weighted by atomic mass is 9.93. The number of fused-ring (bicyclic) bond motifs is 2. The molecule has 0 aromatic heterocycles. The van der Waals surface area contributed by atoms with Crippen molar-refractivity contribution in [2.24, 2.45) is 17.8 Å². The van der Waals surface area contributed by atoms with Crippen molar-refractivity contribution in [1.29, 1.82) is 0 Å². The summed E-state index contributed by atoms with van der Waals surface area (Å²) in [6.45, 7) is 7.83. The molecule has 4 rings (SSSR count). The van der Waals surface area contributed by atoms with Crippen LogP contribution in [-0.4, -0.2) is 32.7 Å². The molecule has 0 amide bonds. The lowest BCUT2D eigenvalue weighted by Gasteiger charge is -2.32. The molecule has 0 unspecified atom stereocenters. The normalized spacial score (nSPS) is 36.9. The summed E-state index contributed by atoms with van der Waals surface area (Å²) in [5.41, 5.74) is 1.38. The lowest BCUT2D eigenvalue weighted by molar-refractivity contribution is -1.02. The summed E-state index contributed by atoms with van der Waals surface area (Å²) in [5, 5.41) is 0.866. The Morgan fingerprint density at radius 2 is 1.82 bits per heavy atom. The summed E-state index contributed by atoms with van der Waals surface area (Å²) in [6, 6.07) is 8.36. The van der Waals surface area contributed by atoms with Gasteiger partial charge in [-0.05, 0) is 36.8 Å². The van der Waals surface area contributed by atoms with Gasteiger partial charge in [0.05, 0.1) is 6.54 Å². The number of rotatable bonds is 4. The molecule has 0 radical (unpaired) electrons. The standard InChI is InChI=1S/C19H25ClN2/c20-19-3-1-2-16(12-19)13-21-6-8-22(9-7-21)14-18-11-15-4-5-17(18)10-15/h1-5,12,15,17-18H,6-11,13-14H2/p+2/t15-,17+,18-/m1/s1. The van der Waals surface area contributed by atoms with Gasteiger partial charge in [-0.3, -0.25) is 0 Å². The quantitative estimate of drug-likeness (QED) is 0.761. The van der Waals surface area contributed by atoms with E-state index in [-0.39, 0.29) is 0 Å². The van der Waals surface area contributed by atoms with E-state index in [0.717, 1.165) is 29.3 Å². The van der Waals surface area contributed by atoms with E-state index >= 15 is 0 Å². The van der Waals surface area contributed by atoms with Crippen molar-refractivity contribution in [1.82, 2.24) is 0 Å². The fraction of sp³-hybridized carbons (Fsp3) is 0.579. The number of benzene rings is 1. The third-order valence-electron chi connectivity index (χ3n) is 5.97. The summed E-state index contributed by atoms with van der Waals surface area (Å²) in [6.07, 6.45) is 7.87. The monoisotopic (exact) mass is 318 g/mol. The number of quaternary nitrogens is 2. The maximum Gasteiger partial charge on any atom is 0.127 e. The minimum atomic E-state index is 0.866. The van der Waals surface area contributed by atoms with Crippen molar-refractivity contribution in [3.05, 3.63) is 47.0 Å². The van der Waals surface area contributed by atoms with E-state index in [2.05, 4.69) is 30.4 Å². The predicted octanol–water partition coefficient (Wildman–Crippen LogP) is 0.836. The molecule has 3 atom stereocenters. The van der Waals surface area contributed by atoms with Crippen LogP contribution in [0.25, 0.3) is 0 Å². The Hall–Kier alpha value is -0.830. The van der Waals surface area contributed by atoms with Crippen molar-refractivity contribution >= 4 is 11.6 Å². The van der Waals surface area contributed by atoms with Crippen LogP contribution in [0.5, 0.6) is 0 Å². The van der Waals surface area contributed by atoms with Crippen LogP contribution >= 0.6 is 11.6 Å². The fourth-order valence-corrected chi connectivity index (χ4v) is 4.99. The van der Waals surface area contributed by atoms with Gasteiger partial charge in [-0.2, -0.15) is 0 Å². The Labute approximate surface area is 138 Å². The van der Waals surface area contributed by atoms with Crippen LogP contribution in [0.4, 0.5) is 0 Å². The van der Waals surface area contributed by atoms with Crippen molar-refractivity contribution in [3.8, 4) is 0 Å². The molecule has 2 aliphatic carbocycles. The molecule has 1 aliphatic heterocycles. The largest absolute Gasteiger partial charge is 0.325 e. The second-order valence-corrected chi connectivity index (χ2v) is 7.99. The molecular formula is C19H27ClN2+2. The van der Waals surface area contributed by atoms with Crippen LogP contribution in [0.1, 0.15) is 18.4 Å². The fourth-order valence-electron chi connectivity index (χ4n) is 4.77. The smallest absolute Gasteiger partial charge is 0.127 e. The Balaban J connectivity index is 1.25. The minimum Gasteiger partial charge on any atom is -0.325 e. The zero-order chi connectivity index (χ0) is 14.9. The number of allylic oxidation sites excluding steroid dienone is 2. The minimum absolute atomic E-state index is 0.866. The highest BCUT2D eigenvalue weighted by atomic mass is 35.5. The highest BCUT2D eigenvalue weighted by Crippen LogP contribution is 2.42. The van der Waals surface area contributed by atoms with Crippen LogP contribution in [0.2, 0.25) is 5.02 Å². The second-order valence-electron chi connectivity index (χ2n) is 7.55. The van der Waals surface area contributed by atoms with Crippen molar-refractivity contribution in [2.75, 3.05) is 32.7 Å². The Bertz CT molecular complexity index is 548. The Morgan fingerprint density at radius 3 is 2.50 bits per heavy atom. The molecule has 2 nitrogen and oxygen atoms in total. The highest BCUT2D eigenvalue weighted by Gasteiger charge is 2.38. The third-order valence-corrected chi connectivity index (χ3v) is 6.21. The molecule has 1 saturated carbocycles. The van der Waals surface area contributed by atoms with Crippen molar-refractivity contribution in [2.45, 2.75) is 19.4 Å². The zero-order valence-corrected chi connectivity index (χ0v) is 14.0. The zero-order valence-electron chi connectivity index (χ0n) is 13.2. The first-order chi connectivity index (χ1) is 10.8. The summed E-state index contributed by atoms with van der Waals surface area (Å²) in [7, 11) is 0. The van der Waals surface area contributed by atoms with Gasteiger partial charge in [0.2, 0.25) is 0 Å². The molecule has 1 aromatic carbocycles. The first-order valence-electron chi connectivity index (χ1n) is 8.86. The molecular weight excluding hydrogens is 292 g/mol. The first-order valence-corrected chi connectivity index (χ1v) is 9.24. The van der Waals surface area contributed by atoms with E-state index in [1.807, 2.05) is 11.0 Å². The van der Waals surface area contributed by atoms with E-state index < -0.39 is 0 Å².